The molecule has 2 N–H and O–H groups in total. The fourth-order valence-electron chi connectivity index (χ4n) is 2.59. The fourth-order valence-corrected chi connectivity index (χ4v) is 2.59. The van der Waals surface area contributed by atoms with Gasteiger partial charge in [-0.3, -0.25) is 4.79 Å². The number of likely N-dealkylation sites (N-methyl/N-ethyl adjacent to an activating group) is 1. The van der Waals surface area contributed by atoms with Crippen molar-refractivity contribution in [2.75, 3.05) is 29.9 Å². The molecular weight excluding hydrogens is 238 g/mol. The molecule has 0 bridgehead atoms. The molecule has 0 aromatic heterocycles. The highest BCUT2D eigenvalue weighted by Crippen LogP contribution is 2.34. The number of rotatable bonds is 6. The SMILES string of the molecule is CCCN(CC)c1ccc2c(c1)NC(=O)C2NCC. The zero-order chi connectivity index (χ0) is 13.8. The molecule has 0 saturated carbocycles. The van der Waals surface area contributed by atoms with E-state index in [9.17, 15) is 4.79 Å². The molecule has 1 aromatic carbocycles. The van der Waals surface area contributed by atoms with E-state index in [-0.39, 0.29) is 11.9 Å². The summed E-state index contributed by atoms with van der Waals surface area (Å²) in [6.45, 7) is 9.16. The van der Waals surface area contributed by atoms with Crippen LogP contribution in [0.2, 0.25) is 0 Å². The van der Waals surface area contributed by atoms with Gasteiger partial charge in [-0.15, -0.1) is 0 Å². The molecule has 1 aromatic rings. The van der Waals surface area contributed by atoms with Gasteiger partial charge in [0.2, 0.25) is 5.91 Å². The molecule has 1 amide bonds. The second-order valence-corrected chi connectivity index (χ2v) is 4.83. The number of hydrogen-bond acceptors (Lipinski definition) is 3. The van der Waals surface area contributed by atoms with Crippen LogP contribution in [0.5, 0.6) is 0 Å². The van der Waals surface area contributed by atoms with E-state index in [2.05, 4.69) is 47.6 Å². The van der Waals surface area contributed by atoms with Crippen LogP contribution in [-0.2, 0) is 4.79 Å². The van der Waals surface area contributed by atoms with Gasteiger partial charge in [-0.1, -0.05) is 19.9 Å². The Labute approximate surface area is 115 Å². The fraction of sp³-hybridized carbons (Fsp3) is 0.533. The Kier molecular flexibility index (Phi) is 4.43. The van der Waals surface area contributed by atoms with Crippen LogP contribution < -0.4 is 15.5 Å². The Morgan fingerprint density at radius 3 is 2.74 bits per heavy atom. The highest BCUT2D eigenvalue weighted by Gasteiger charge is 2.29. The molecule has 1 heterocycles. The Hall–Kier alpha value is -1.55. The van der Waals surface area contributed by atoms with Gasteiger partial charge in [0.05, 0.1) is 0 Å². The minimum Gasteiger partial charge on any atom is -0.372 e. The van der Waals surface area contributed by atoms with Crippen LogP contribution in [0.15, 0.2) is 18.2 Å². The number of anilines is 2. The van der Waals surface area contributed by atoms with E-state index < -0.39 is 0 Å². The molecule has 1 unspecified atom stereocenters. The first-order valence-corrected chi connectivity index (χ1v) is 7.14. The highest BCUT2D eigenvalue weighted by atomic mass is 16.2. The molecule has 1 aliphatic rings. The summed E-state index contributed by atoms with van der Waals surface area (Å²) in [7, 11) is 0. The van der Waals surface area contributed by atoms with Gasteiger partial charge in [-0.2, -0.15) is 0 Å². The number of carbonyl (C=O) groups excluding carboxylic acids is 1. The summed E-state index contributed by atoms with van der Waals surface area (Å²) in [5, 5.41) is 6.18. The van der Waals surface area contributed by atoms with Crippen LogP contribution in [0.25, 0.3) is 0 Å². The van der Waals surface area contributed by atoms with Gasteiger partial charge in [-0.25, -0.2) is 0 Å². The predicted molar refractivity (Wildman–Crippen MR) is 79.7 cm³/mol. The lowest BCUT2D eigenvalue weighted by atomic mass is 10.1. The van der Waals surface area contributed by atoms with Gasteiger partial charge in [-0.05, 0) is 32.0 Å². The minimum absolute atomic E-state index is 0.0486. The van der Waals surface area contributed by atoms with Crippen molar-refractivity contribution in [2.24, 2.45) is 0 Å². The summed E-state index contributed by atoms with van der Waals surface area (Å²) >= 11 is 0. The third-order valence-electron chi connectivity index (χ3n) is 3.52. The molecular formula is C15H23N3O. The first-order chi connectivity index (χ1) is 9.21. The van der Waals surface area contributed by atoms with Crippen LogP contribution in [-0.4, -0.2) is 25.5 Å². The van der Waals surface area contributed by atoms with Crippen molar-refractivity contribution >= 4 is 17.3 Å². The van der Waals surface area contributed by atoms with Crippen LogP contribution in [0.1, 0.15) is 38.8 Å². The molecule has 0 fully saturated rings. The van der Waals surface area contributed by atoms with Gasteiger partial charge < -0.3 is 15.5 Å². The Bertz CT molecular complexity index is 459. The number of nitrogens with zero attached hydrogens (tertiary/aromatic N) is 1. The Morgan fingerprint density at radius 2 is 2.11 bits per heavy atom. The summed E-state index contributed by atoms with van der Waals surface area (Å²) < 4.78 is 0. The predicted octanol–water partition coefficient (Wildman–Crippen LogP) is 2.53. The van der Waals surface area contributed by atoms with Gasteiger partial charge in [0.25, 0.3) is 0 Å². The van der Waals surface area contributed by atoms with Crippen LogP contribution in [0.3, 0.4) is 0 Å². The quantitative estimate of drug-likeness (QED) is 0.827. The van der Waals surface area contributed by atoms with Crippen LogP contribution in [0, 0.1) is 0 Å². The average molecular weight is 261 g/mol. The van der Waals surface area contributed by atoms with E-state index in [1.165, 1.54) is 5.69 Å². The lowest BCUT2D eigenvalue weighted by Crippen LogP contribution is -2.27. The molecule has 0 spiro atoms. The van der Waals surface area contributed by atoms with Crippen molar-refractivity contribution in [2.45, 2.75) is 33.2 Å². The van der Waals surface area contributed by atoms with Gasteiger partial charge in [0, 0.05) is 30.0 Å². The second-order valence-electron chi connectivity index (χ2n) is 4.83. The van der Waals surface area contributed by atoms with Crippen molar-refractivity contribution in [3.8, 4) is 0 Å². The van der Waals surface area contributed by atoms with E-state index in [1.54, 1.807) is 0 Å². The molecule has 0 saturated heterocycles. The number of amides is 1. The molecule has 0 aliphatic carbocycles. The van der Waals surface area contributed by atoms with E-state index in [4.69, 9.17) is 0 Å². The van der Waals surface area contributed by atoms with E-state index in [1.807, 2.05) is 6.92 Å². The van der Waals surface area contributed by atoms with E-state index in [0.717, 1.165) is 37.3 Å². The molecule has 19 heavy (non-hydrogen) atoms. The number of fused-ring (bicyclic) bond motifs is 1. The number of nitrogens with one attached hydrogen (secondary N) is 2. The molecule has 1 aliphatic heterocycles. The third-order valence-corrected chi connectivity index (χ3v) is 3.52. The third kappa shape index (κ3) is 2.73. The van der Waals surface area contributed by atoms with Crippen molar-refractivity contribution < 1.29 is 4.79 Å². The summed E-state index contributed by atoms with van der Waals surface area (Å²) in [5.41, 5.74) is 3.19. The highest BCUT2D eigenvalue weighted by molar-refractivity contribution is 6.03. The molecule has 4 nitrogen and oxygen atoms in total. The Balaban J connectivity index is 2.26. The first-order valence-electron chi connectivity index (χ1n) is 7.14. The molecule has 4 heteroatoms. The van der Waals surface area contributed by atoms with E-state index in [0.29, 0.717) is 0 Å². The topological polar surface area (TPSA) is 44.4 Å². The standard InChI is InChI=1S/C15H23N3O/c1-4-9-18(6-3)11-7-8-12-13(10-11)17-15(19)14(12)16-5-2/h7-8,10,14,16H,4-6,9H2,1-3H3,(H,17,19). The van der Waals surface area contributed by atoms with Gasteiger partial charge in [0.15, 0.2) is 0 Å². The van der Waals surface area contributed by atoms with E-state index >= 15 is 0 Å². The average Bonchev–Trinajstić information content (AvgIpc) is 2.72. The van der Waals surface area contributed by atoms with Crippen LogP contribution >= 0.6 is 0 Å². The number of benzene rings is 1. The maximum absolute atomic E-state index is 11.9. The number of hydrogen-bond donors (Lipinski definition) is 2. The van der Waals surface area contributed by atoms with Crippen molar-refractivity contribution in [3.63, 3.8) is 0 Å². The molecule has 1 atom stereocenters. The van der Waals surface area contributed by atoms with Crippen molar-refractivity contribution in [3.05, 3.63) is 23.8 Å². The smallest absolute Gasteiger partial charge is 0.246 e. The summed E-state index contributed by atoms with van der Waals surface area (Å²) in [5.74, 6) is 0.0486. The maximum atomic E-state index is 11.9. The zero-order valence-electron chi connectivity index (χ0n) is 12.0. The summed E-state index contributed by atoms with van der Waals surface area (Å²) in [6, 6.07) is 6.07. The summed E-state index contributed by atoms with van der Waals surface area (Å²) in [6.07, 6.45) is 1.12. The second kappa shape index (κ2) is 6.06. The first kappa shape index (κ1) is 13.9. The van der Waals surface area contributed by atoms with Gasteiger partial charge in [0.1, 0.15) is 6.04 Å². The zero-order valence-corrected chi connectivity index (χ0v) is 12.0. The summed E-state index contributed by atoms with van der Waals surface area (Å²) in [4.78, 5) is 14.2. The van der Waals surface area contributed by atoms with Crippen molar-refractivity contribution in [1.82, 2.24) is 5.32 Å². The lowest BCUT2D eigenvalue weighted by Gasteiger charge is -2.23. The molecule has 0 radical (unpaired) electrons. The lowest BCUT2D eigenvalue weighted by molar-refractivity contribution is -0.117. The molecule has 2 rings (SSSR count). The van der Waals surface area contributed by atoms with Crippen LogP contribution in [0.4, 0.5) is 11.4 Å². The normalized spacial score (nSPS) is 17.2. The monoisotopic (exact) mass is 261 g/mol. The van der Waals surface area contributed by atoms with Crippen molar-refractivity contribution in [1.29, 1.82) is 0 Å². The Morgan fingerprint density at radius 1 is 1.32 bits per heavy atom. The van der Waals surface area contributed by atoms with Gasteiger partial charge >= 0.3 is 0 Å². The molecule has 104 valence electrons. The maximum Gasteiger partial charge on any atom is 0.246 e. The largest absolute Gasteiger partial charge is 0.372 e. The number of carbonyl (C=O) groups is 1. The minimum atomic E-state index is -0.199.